The van der Waals surface area contributed by atoms with E-state index >= 15 is 0 Å². The number of amides is 1. The van der Waals surface area contributed by atoms with E-state index in [-0.39, 0.29) is 11.9 Å². The van der Waals surface area contributed by atoms with Crippen molar-refractivity contribution in [2.75, 3.05) is 5.32 Å². The van der Waals surface area contributed by atoms with Gasteiger partial charge in [-0.25, -0.2) is 4.98 Å². The molecule has 1 aromatic carbocycles. The first-order valence-corrected chi connectivity index (χ1v) is 9.39. The van der Waals surface area contributed by atoms with E-state index in [1.807, 2.05) is 35.0 Å². The number of hydrogen-bond donors (Lipinski definition) is 3. The average Bonchev–Trinajstić information content (AvgIpc) is 3.33. The van der Waals surface area contributed by atoms with Crippen LogP contribution in [0.15, 0.2) is 67.5 Å². The molecule has 28 heavy (non-hydrogen) atoms. The molecule has 7 heteroatoms. The van der Waals surface area contributed by atoms with E-state index in [1.165, 1.54) is 0 Å². The molecule has 0 bridgehead atoms. The van der Waals surface area contributed by atoms with Gasteiger partial charge in [-0.05, 0) is 55.2 Å². The van der Waals surface area contributed by atoms with Crippen molar-refractivity contribution < 1.29 is 9.90 Å². The number of carbonyl (C=O) groups is 1. The summed E-state index contributed by atoms with van der Waals surface area (Å²) in [5.41, 5.74) is 2.34. The number of nitrogens with zero attached hydrogens (tertiary/aromatic N) is 3. The fourth-order valence-electron chi connectivity index (χ4n) is 3.68. The summed E-state index contributed by atoms with van der Waals surface area (Å²) in [6.07, 6.45) is 9.81. The maximum atomic E-state index is 12.6. The van der Waals surface area contributed by atoms with Crippen molar-refractivity contribution in [3.05, 3.63) is 73.1 Å². The molecule has 1 saturated carbocycles. The smallest absolute Gasteiger partial charge is 0.251 e. The lowest BCUT2D eigenvalue weighted by Crippen LogP contribution is -2.39. The standard InChI is InChI=1S/C21H23N5O2/c27-20-11-15(13-26-9-8-23-14-26)10-19(20)25-21(28)16-3-5-17(6-4-16)24-18-2-1-7-22-12-18/h1-9,12,14-15,19-20,24,27H,10-11,13H2,(H,25,28)/t15?,19-,20-/m1/s1. The second-order valence-corrected chi connectivity index (χ2v) is 7.19. The lowest BCUT2D eigenvalue weighted by atomic mass is 10.1. The van der Waals surface area contributed by atoms with Crippen molar-refractivity contribution in [2.24, 2.45) is 5.92 Å². The number of nitrogens with one attached hydrogen (secondary N) is 2. The van der Waals surface area contributed by atoms with Gasteiger partial charge in [-0.1, -0.05) is 0 Å². The van der Waals surface area contributed by atoms with E-state index < -0.39 is 6.10 Å². The Kier molecular flexibility index (Phi) is 5.34. The van der Waals surface area contributed by atoms with Gasteiger partial charge in [0.15, 0.2) is 0 Å². The first-order chi connectivity index (χ1) is 13.7. The van der Waals surface area contributed by atoms with Crippen LogP contribution in [0.25, 0.3) is 0 Å². The van der Waals surface area contributed by atoms with Crippen molar-refractivity contribution in [3.8, 4) is 0 Å². The van der Waals surface area contributed by atoms with Crippen molar-refractivity contribution in [2.45, 2.75) is 31.5 Å². The van der Waals surface area contributed by atoms with Gasteiger partial charge in [0.05, 0.1) is 30.4 Å². The predicted molar refractivity (Wildman–Crippen MR) is 106 cm³/mol. The van der Waals surface area contributed by atoms with Crippen LogP contribution in [0, 0.1) is 5.92 Å². The van der Waals surface area contributed by atoms with Gasteiger partial charge >= 0.3 is 0 Å². The number of pyridine rings is 1. The van der Waals surface area contributed by atoms with E-state index in [9.17, 15) is 9.90 Å². The highest BCUT2D eigenvalue weighted by Gasteiger charge is 2.34. The predicted octanol–water partition coefficient (Wildman–Crippen LogP) is 2.59. The topological polar surface area (TPSA) is 92.1 Å². The first kappa shape index (κ1) is 18.2. The molecule has 3 N–H and O–H groups in total. The van der Waals surface area contributed by atoms with Crippen molar-refractivity contribution in [1.29, 1.82) is 0 Å². The third kappa shape index (κ3) is 4.37. The van der Waals surface area contributed by atoms with E-state index in [2.05, 4.69) is 20.6 Å². The molecule has 3 aromatic rings. The second kappa shape index (κ2) is 8.22. The zero-order chi connectivity index (χ0) is 19.3. The Morgan fingerprint density at radius 1 is 1.11 bits per heavy atom. The summed E-state index contributed by atoms with van der Waals surface area (Å²) in [5.74, 6) is 0.154. The highest BCUT2D eigenvalue weighted by Crippen LogP contribution is 2.28. The van der Waals surface area contributed by atoms with Crippen LogP contribution in [0.3, 0.4) is 0 Å². The Morgan fingerprint density at radius 2 is 1.96 bits per heavy atom. The Morgan fingerprint density at radius 3 is 2.68 bits per heavy atom. The SMILES string of the molecule is O=C(N[C@@H]1CC(Cn2ccnc2)C[C@H]1O)c1ccc(Nc2cccnc2)cc1. The van der Waals surface area contributed by atoms with E-state index in [1.54, 1.807) is 37.1 Å². The molecule has 144 valence electrons. The summed E-state index contributed by atoms with van der Waals surface area (Å²) < 4.78 is 2.01. The molecule has 2 heterocycles. The van der Waals surface area contributed by atoms with Gasteiger partial charge in [0.25, 0.3) is 5.91 Å². The number of aliphatic hydroxyl groups excluding tert-OH is 1. The number of anilines is 2. The van der Waals surface area contributed by atoms with Gasteiger partial charge < -0.3 is 20.3 Å². The molecule has 0 saturated heterocycles. The van der Waals surface area contributed by atoms with E-state index in [0.29, 0.717) is 17.9 Å². The third-order valence-corrected chi connectivity index (χ3v) is 5.07. The normalized spacial score (nSPS) is 21.4. The van der Waals surface area contributed by atoms with Gasteiger partial charge in [-0.15, -0.1) is 0 Å². The molecule has 0 spiro atoms. The number of aromatic nitrogens is 3. The minimum absolute atomic E-state index is 0.166. The van der Waals surface area contributed by atoms with Crippen LogP contribution in [0.4, 0.5) is 11.4 Å². The number of rotatable bonds is 6. The molecule has 7 nitrogen and oxygen atoms in total. The number of imidazole rings is 1. The second-order valence-electron chi connectivity index (χ2n) is 7.19. The molecule has 2 aromatic heterocycles. The summed E-state index contributed by atoms with van der Waals surface area (Å²) in [6.45, 7) is 0.804. The van der Waals surface area contributed by atoms with Gasteiger partial charge in [0.2, 0.25) is 0 Å². The Balaban J connectivity index is 1.33. The molecule has 3 atom stereocenters. The first-order valence-electron chi connectivity index (χ1n) is 9.39. The number of carbonyl (C=O) groups excluding carboxylic acids is 1. The summed E-state index contributed by atoms with van der Waals surface area (Å²) in [6, 6.07) is 10.8. The molecule has 1 aliphatic rings. The van der Waals surface area contributed by atoms with Crippen LogP contribution >= 0.6 is 0 Å². The quantitative estimate of drug-likeness (QED) is 0.614. The number of aliphatic hydroxyl groups is 1. The minimum atomic E-state index is -0.524. The van der Waals surface area contributed by atoms with Crippen molar-refractivity contribution in [1.82, 2.24) is 19.9 Å². The average molecular weight is 377 g/mol. The Labute approximate surface area is 163 Å². The summed E-state index contributed by atoms with van der Waals surface area (Å²) in [7, 11) is 0. The summed E-state index contributed by atoms with van der Waals surface area (Å²) in [5, 5.41) is 16.6. The summed E-state index contributed by atoms with van der Waals surface area (Å²) >= 11 is 0. The number of benzene rings is 1. The van der Waals surface area contributed by atoms with Crippen LogP contribution in [-0.2, 0) is 6.54 Å². The van der Waals surface area contributed by atoms with Crippen molar-refractivity contribution in [3.63, 3.8) is 0 Å². The van der Waals surface area contributed by atoms with Crippen LogP contribution in [-0.4, -0.2) is 37.7 Å². The maximum absolute atomic E-state index is 12.6. The van der Waals surface area contributed by atoms with Crippen LogP contribution in [0.1, 0.15) is 23.2 Å². The lowest BCUT2D eigenvalue weighted by molar-refractivity contribution is 0.0873. The van der Waals surface area contributed by atoms with Crippen LogP contribution < -0.4 is 10.6 Å². The maximum Gasteiger partial charge on any atom is 0.251 e. The number of hydrogen-bond acceptors (Lipinski definition) is 5. The Hall–Kier alpha value is -3.19. The van der Waals surface area contributed by atoms with Gasteiger partial charge in [-0.2, -0.15) is 0 Å². The highest BCUT2D eigenvalue weighted by atomic mass is 16.3. The van der Waals surface area contributed by atoms with Gasteiger partial charge in [-0.3, -0.25) is 9.78 Å². The van der Waals surface area contributed by atoms with E-state index in [4.69, 9.17) is 0 Å². The summed E-state index contributed by atoms with van der Waals surface area (Å²) in [4.78, 5) is 20.7. The lowest BCUT2D eigenvalue weighted by Gasteiger charge is -2.16. The molecule has 1 fully saturated rings. The third-order valence-electron chi connectivity index (χ3n) is 5.07. The molecule has 1 unspecified atom stereocenters. The van der Waals surface area contributed by atoms with Crippen LogP contribution in [0.2, 0.25) is 0 Å². The molecule has 0 radical (unpaired) electrons. The zero-order valence-electron chi connectivity index (χ0n) is 15.4. The van der Waals surface area contributed by atoms with Gasteiger partial charge in [0.1, 0.15) is 0 Å². The fraction of sp³-hybridized carbons (Fsp3) is 0.286. The zero-order valence-corrected chi connectivity index (χ0v) is 15.4. The van der Waals surface area contributed by atoms with Gasteiger partial charge in [0, 0.05) is 36.4 Å². The molecule has 1 aliphatic carbocycles. The molecule has 4 rings (SSSR count). The van der Waals surface area contributed by atoms with Crippen LogP contribution in [0.5, 0.6) is 0 Å². The monoisotopic (exact) mass is 377 g/mol. The van der Waals surface area contributed by atoms with E-state index in [0.717, 1.165) is 24.3 Å². The fourth-order valence-corrected chi connectivity index (χ4v) is 3.68. The minimum Gasteiger partial charge on any atom is -0.391 e. The molecular formula is C21H23N5O2. The Bertz CT molecular complexity index is 896. The molecule has 0 aliphatic heterocycles. The molecule has 1 amide bonds. The molecular weight excluding hydrogens is 354 g/mol. The largest absolute Gasteiger partial charge is 0.391 e. The van der Waals surface area contributed by atoms with Crippen molar-refractivity contribution >= 4 is 17.3 Å². The highest BCUT2D eigenvalue weighted by molar-refractivity contribution is 5.94.